The van der Waals surface area contributed by atoms with Gasteiger partial charge >= 0.3 is 11.9 Å². The SMILES string of the molecule is O=C(O)CCSSc1nnc(SSCCC(=O)O)s1. The van der Waals surface area contributed by atoms with E-state index in [2.05, 4.69) is 10.2 Å². The van der Waals surface area contributed by atoms with Crippen molar-refractivity contribution in [3.63, 3.8) is 0 Å². The van der Waals surface area contributed by atoms with Crippen LogP contribution < -0.4 is 0 Å². The molecule has 1 aromatic heterocycles. The molecule has 1 rings (SSSR count). The standard InChI is InChI=1S/C8H10N2O4S5/c11-5(12)1-3-15-18-7-9-10-8(17-7)19-16-4-2-6(13)14/h1-4H2,(H,11,12)(H,13,14). The van der Waals surface area contributed by atoms with Crippen LogP contribution in [0.3, 0.4) is 0 Å². The summed E-state index contributed by atoms with van der Waals surface area (Å²) in [6, 6.07) is 0. The first-order chi connectivity index (χ1) is 9.08. The van der Waals surface area contributed by atoms with Crippen molar-refractivity contribution in [1.29, 1.82) is 0 Å². The molecule has 0 aromatic carbocycles. The summed E-state index contributed by atoms with van der Waals surface area (Å²) in [6.07, 6.45) is 0.256. The highest BCUT2D eigenvalue weighted by Crippen LogP contribution is 2.39. The van der Waals surface area contributed by atoms with E-state index in [4.69, 9.17) is 10.2 Å². The first-order valence-corrected chi connectivity index (χ1v) is 10.4. The number of aromatic nitrogens is 2. The lowest BCUT2D eigenvalue weighted by molar-refractivity contribution is -0.137. The number of carbonyl (C=O) groups is 2. The van der Waals surface area contributed by atoms with E-state index < -0.39 is 11.9 Å². The molecule has 0 saturated carbocycles. The molecule has 0 atom stereocenters. The minimum Gasteiger partial charge on any atom is -0.481 e. The Bertz CT molecular complexity index is 391. The Labute approximate surface area is 129 Å². The van der Waals surface area contributed by atoms with Gasteiger partial charge in [-0.2, -0.15) is 0 Å². The molecule has 2 N–H and O–H groups in total. The molecule has 106 valence electrons. The van der Waals surface area contributed by atoms with Crippen molar-refractivity contribution in [3.05, 3.63) is 0 Å². The van der Waals surface area contributed by atoms with Gasteiger partial charge in [-0.1, -0.05) is 32.9 Å². The predicted octanol–water partition coefficient (Wildman–Crippen LogP) is 2.97. The maximum atomic E-state index is 10.3. The topological polar surface area (TPSA) is 100 Å². The van der Waals surface area contributed by atoms with Gasteiger partial charge in [-0.15, -0.1) is 10.2 Å². The van der Waals surface area contributed by atoms with Gasteiger partial charge in [0.05, 0.1) is 12.8 Å². The van der Waals surface area contributed by atoms with E-state index in [1.807, 2.05) is 0 Å². The van der Waals surface area contributed by atoms with Crippen LogP contribution in [0.15, 0.2) is 8.68 Å². The summed E-state index contributed by atoms with van der Waals surface area (Å²) in [5.41, 5.74) is 0. The van der Waals surface area contributed by atoms with Crippen molar-refractivity contribution in [3.8, 4) is 0 Å². The highest BCUT2D eigenvalue weighted by Gasteiger charge is 2.07. The Kier molecular flexibility index (Phi) is 8.70. The number of carboxylic acids is 2. The van der Waals surface area contributed by atoms with E-state index in [9.17, 15) is 9.59 Å². The molecular weight excluding hydrogens is 348 g/mol. The fraction of sp³-hybridized carbons (Fsp3) is 0.500. The second-order valence-corrected chi connectivity index (χ2v) is 9.24. The van der Waals surface area contributed by atoms with Gasteiger partial charge in [-0.25, -0.2) is 0 Å². The normalized spacial score (nSPS) is 10.5. The first kappa shape index (κ1) is 17.0. The van der Waals surface area contributed by atoms with Crippen molar-refractivity contribution in [2.75, 3.05) is 11.5 Å². The third kappa shape index (κ3) is 8.63. The molecule has 0 bridgehead atoms. The molecule has 0 aliphatic heterocycles. The summed E-state index contributed by atoms with van der Waals surface area (Å²) in [7, 11) is 5.68. The molecule has 0 saturated heterocycles. The fourth-order valence-corrected chi connectivity index (χ4v) is 6.24. The first-order valence-electron chi connectivity index (χ1n) is 4.94. The van der Waals surface area contributed by atoms with Gasteiger partial charge in [-0.05, 0) is 21.6 Å². The zero-order valence-electron chi connectivity index (χ0n) is 9.48. The largest absolute Gasteiger partial charge is 0.481 e. The van der Waals surface area contributed by atoms with Gasteiger partial charge in [-0.3, -0.25) is 9.59 Å². The summed E-state index contributed by atoms with van der Waals surface area (Å²) in [6.45, 7) is 0. The lowest BCUT2D eigenvalue weighted by atomic mass is 10.5. The molecule has 6 nitrogen and oxygen atoms in total. The van der Waals surface area contributed by atoms with E-state index in [0.717, 1.165) is 8.68 Å². The molecule has 0 spiro atoms. The maximum absolute atomic E-state index is 10.3. The number of rotatable bonds is 10. The quantitative estimate of drug-likeness (QED) is 0.479. The zero-order valence-corrected chi connectivity index (χ0v) is 13.6. The molecule has 0 aliphatic carbocycles. The van der Waals surface area contributed by atoms with Gasteiger partial charge in [0.15, 0.2) is 8.68 Å². The summed E-state index contributed by atoms with van der Waals surface area (Å²) >= 11 is 1.42. The van der Waals surface area contributed by atoms with Crippen LogP contribution in [0.1, 0.15) is 12.8 Å². The van der Waals surface area contributed by atoms with Crippen LogP contribution in [0.5, 0.6) is 0 Å². The molecule has 0 amide bonds. The van der Waals surface area contributed by atoms with Crippen LogP contribution in [-0.4, -0.2) is 43.9 Å². The van der Waals surface area contributed by atoms with Crippen LogP contribution in [0.25, 0.3) is 0 Å². The number of hydrogen-bond donors (Lipinski definition) is 2. The van der Waals surface area contributed by atoms with Crippen LogP contribution in [-0.2, 0) is 9.59 Å². The van der Waals surface area contributed by atoms with Crippen molar-refractivity contribution in [2.45, 2.75) is 21.5 Å². The van der Waals surface area contributed by atoms with E-state index >= 15 is 0 Å². The molecule has 0 fully saturated rings. The number of nitrogens with zero attached hydrogens (tertiary/aromatic N) is 2. The Morgan fingerprint density at radius 1 is 0.947 bits per heavy atom. The second-order valence-electron chi connectivity index (χ2n) is 2.93. The lowest BCUT2D eigenvalue weighted by Crippen LogP contribution is -1.94. The highest BCUT2D eigenvalue weighted by atomic mass is 33.1. The Morgan fingerprint density at radius 3 is 1.74 bits per heavy atom. The third-order valence-electron chi connectivity index (χ3n) is 1.45. The van der Waals surface area contributed by atoms with Crippen molar-refractivity contribution >= 4 is 66.5 Å². The summed E-state index contributed by atoms with van der Waals surface area (Å²) in [5, 5.41) is 24.9. The van der Waals surface area contributed by atoms with Gasteiger partial charge in [0.1, 0.15) is 0 Å². The molecule has 11 heteroatoms. The molecule has 1 heterocycles. The summed E-state index contributed by atoms with van der Waals surface area (Å²) < 4.78 is 1.55. The average molecular weight is 359 g/mol. The smallest absolute Gasteiger partial charge is 0.304 e. The molecule has 0 unspecified atom stereocenters. The number of aliphatic carboxylic acids is 2. The van der Waals surface area contributed by atoms with Crippen molar-refractivity contribution in [1.82, 2.24) is 10.2 Å². The fourth-order valence-electron chi connectivity index (χ4n) is 0.707. The second kappa shape index (κ2) is 9.75. The molecule has 1 aromatic rings. The Hall–Kier alpha value is -0.100. The van der Waals surface area contributed by atoms with E-state index in [-0.39, 0.29) is 12.8 Å². The van der Waals surface area contributed by atoms with Gasteiger partial charge in [0, 0.05) is 11.5 Å². The van der Waals surface area contributed by atoms with Gasteiger partial charge in [0.2, 0.25) is 0 Å². The van der Waals surface area contributed by atoms with Gasteiger partial charge < -0.3 is 10.2 Å². The predicted molar refractivity (Wildman–Crippen MR) is 81.0 cm³/mol. The van der Waals surface area contributed by atoms with E-state index in [0.29, 0.717) is 11.5 Å². The Balaban J connectivity index is 2.17. The molecule has 19 heavy (non-hydrogen) atoms. The van der Waals surface area contributed by atoms with Crippen LogP contribution in [0.2, 0.25) is 0 Å². The van der Waals surface area contributed by atoms with E-state index in [1.165, 1.54) is 54.5 Å². The third-order valence-corrected chi connectivity index (χ3v) is 7.67. The lowest BCUT2D eigenvalue weighted by Gasteiger charge is -1.94. The zero-order chi connectivity index (χ0) is 14.1. The van der Waals surface area contributed by atoms with Crippen LogP contribution in [0.4, 0.5) is 0 Å². The highest BCUT2D eigenvalue weighted by molar-refractivity contribution is 8.77. The van der Waals surface area contributed by atoms with Crippen molar-refractivity contribution in [2.24, 2.45) is 0 Å². The number of hydrogen-bond acceptors (Lipinski definition) is 9. The summed E-state index contributed by atoms with van der Waals surface area (Å²) in [4.78, 5) is 20.6. The molecule has 0 radical (unpaired) electrons. The van der Waals surface area contributed by atoms with E-state index in [1.54, 1.807) is 0 Å². The Morgan fingerprint density at radius 2 is 1.37 bits per heavy atom. The van der Waals surface area contributed by atoms with Gasteiger partial charge in [0.25, 0.3) is 0 Å². The maximum Gasteiger partial charge on any atom is 0.304 e. The van der Waals surface area contributed by atoms with Crippen LogP contribution in [0, 0.1) is 0 Å². The minimum absolute atomic E-state index is 0.128. The number of carboxylic acid groups (broad SMARTS) is 2. The minimum atomic E-state index is -0.809. The van der Waals surface area contributed by atoms with Crippen molar-refractivity contribution < 1.29 is 19.8 Å². The van der Waals surface area contributed by atoms with Crippen LogP contribution >= 0.6 is 54.5 Å². The monoisotopic (exact) mass is 358 g/mol. The molecular formula is C8H10N2O4S5. The average Bonchev–Trinajstić information content (AvgIpc) is 2.78. The molecule has 0 aliphatic rings. The summed E-state index contributed by atoms with van der Waals surface area (Å²) in [5.74, 6) is -0.571.